The molecule has 0 saturated heterocycles. The van der Waals surface area contributed by atoms with E-state index >= 15 is 4.39 Å². The van der Waals surface area contributed by atoms with Crippen LogP contribution >= 0.6 is 0 Å². The number of anilines is 3. The highest BCUT2D eigenvalue weighted by Crippen LogP contribution is 2.38. The first-order valence-electron chi connectivity index (χ1n) is 8.56. The number of nitrogens with zero attached hydrogens (tertiary/aromatic N) is 4. The summed E-state index contributed by atoms with van der Waals surface area (Å²) >= 11 is 0. The molecule has 3 N–H and O–H groups in total. The Labute approximate surface area is 160 Å². The second-order valence-electron chi connectivity index (χ2n) is 6.49. The van der Waals surface area contributed by atoms with Gasteiger partial charge in [-0.15, -0.1) is 0 Å². The topological polar surface area (TPSA) is 101 Å². The van der Waals surface area contributed by atoms with E-state index in [1.807, 2.05) is 6.92 Å². The fourth-order valence-electron chi connectivity index (χ4n) is 3.19. The Morgan fingerprint density at radius 3 is 2.79 bits per heavy atom. The number of fused-ring (bicyclic) bond motifs is 1. The molecule has 0 aliphatic carbocycles. The number of nitrogens with two attached hydrogens (primary N) is 1. The Bertz CT molecular complexity index is 1200. The third-order valence-electron chi connectivity index (χ3n) is 4.44. The third-order valence-corrected chi connectivity index (χ3v) is 4.44. The van der Waals surface area contributed by atoms with Crippen molar-refractivity contribution < 1.29 is 9.18 Å². The van der Waals surface area contributed by atoms with Crippen LogP contribution in [0.1, 0.15) is 21.5 Å². The molecule has 8 heteroatoms. The number of aromatic nitrogens is 4. The number of hydrogen-bond donors (Lipinski definition) is 2. The maximum atomic E-state index is 15.2. The highest BCUT2D eigenvalue weighted by molar-refractivity contribution is 5.96. The number of carbonyl (C=O) groups excluding carboxylic acids is 1. The minimum atomic E-state index is -0.572. The van der Waals surface area contributed by atoms with Crippen LogP contribution < -0.4 is 10.6 Å². The minimum Gasteiger partial charge on any atom is -0.366 e. The maximum Gasteiger partial charge on any atom is 0.248 e. The number of amides is 1. The zero-order valence-corrected chi connectivity index (χ0v) is 15.3. The van der Waals surface area contributed by atoms with Crippen molar-refractivity contribution in [2.24, 2.45) is 5.73 Å². The van der Waals surface area contributed by atoms with Crippen LogP contribution in [0.15, 0.2) is 48.9 Å². The minimum absolute atomic E-state index is 0.300. The van der Waals surface area contributed by atoms with Gasteiger partial charge >= 0.3 is 0 Å². The van der Waals surface area contributed by atoms with Gasteiger partial charge in [0.1, 0.15) is 23.2 Å². The van der Waals surface area contributed by atoms with Crippen molar-refractivity contribution in [2.45, 2.75) is 13.8 Å². The number of halogens is 1. The summed E-state index contributed by atoms with van der Waals surface area (Å²) in [5, 5.41) is 6.88. The molecule has 0 aliphatic heterocycles. The number of nitrogens with one attached hydrogen (secondary N) is 1. The summed E-state index contributed by atoms with van der Waals surface area (Å²) in [5.74, 6) is -0.550. The zero-order valence-electron chi connectivity index (χ0n) is 15.3. The number of H-pyrrole nitrogens is 1. The van der Waals surface area contributed by atoms with E-state index in [-0.39, 0.29) is 5.82 Å². The number of aromatic amines is 1. The Morgan fingerprint density at radius 1 is 1.18 bits per heavy atom. The fraction of sp³-hybridized carbons (Fsp3) is 0.100. The van der Waals surface area contributed by atoms with Gasteiger partial charge in [0.05, 0.1) is 11.9 Å². The molecule has 0 bridgehead atoms. The number of rotatable bonds is 4. The largest absolute Gasteiger partial charge is 0.366 e. The second kappa shape index (κ2) is 6.73. The van der Waals surface area contributed by atoms with Gasteiger partial charge in [0.2, 0.25) is 5.91 Å². The summed E-state index contributed by atoms with van der Waals surface area (Å²) < 4.78 is 15.2. The van der Waals surface area contributed by atoms with Gasteiger partial charge < -0.3 is 5.73 Å². The lowest BCUT2D eigenvalue weighted by Crippen LogP contribution is -2.17. The molecule has 140 valence electrons. The normalized spacial score (nSPS) is 11.0. The van der Waals surface area contributed by atoms with Crippen molar-refractivity contribution in [3.63, 3.8) is 0 Å². The predicted octanol–water partition coefficient (Wildman–Crippen LogP) is 3.68. The number of carbonyl (C=O) groups is 1. The summed E-state index contributed by atoms with van der Waals surface area (Å²) in [7, 11) is 0. The Kier molecular flexibility index (Phi) is 4.23. The summed E-state index contributed by atoms with van der Waals surface area (Å²) in [6.45, 7) is 3.59. The average molecular weight is 376 g/mol. The molecule has 4 rings (SSSR count). The van der Waals surface area contributed by atoms with E-state index in [0.29, 0.717) is 39.4 Å². The summed E-state index contributed by atoms with van der Waals surface area (Å²) in [4.78, 5) is 21.9. The molecule has 0 spiro atoms. The van der Waals surface area contributed by atoms with Crippen LogP contribution in [0, 0.1) is 19.7 Å². The summed E-state index contributed by atoms with van der Waals surface area (Å²) in [6.07, 6.45) is 2.95. The van der Waals surface area contributed by atoms with Gasteiger partial charge in [0.25, 0.3) is 0 Å². The highest BCUT2D eigenvalue weighted by atomic mass is 19.1. The SMILES string of the molecule is Cc1cc(C)c(F)c(N(c2cccc(C(N)=O)c2)c2ncnc3cn[nH]c23)c1. The van der Waals surface area contributed by atoms with Gasteiger partial charge in [0.15, 0.2) is 5.82 Å². The lowest BCUT2D eigenvalue weighted by molar-refractivity contribution is 0.100. The third kappa shape index (κ3) is 2.94. The quantitative estimate of drug-likeness (QED) is 0.566. The Balaban J connectivity index is 2.04. The molecule has 0 saturated carbocycles. The molecular formula is C20H17FN6O. The van der Waals surface area contributed by atoms with E-state index in [0.717, 1.165) is 5.56 Å². The monoisotopic (exact) mass is 376 g/mol. The number of benzene rings is 2. The molecule has 0 atom stereocenters. The van der Waals surface area contributed by atoms with Gasteiger partial charge in [-0.2, -0.15) is 5.10 Å². The molecule has 28 heavy (non-hydrogen) atoms. The molecule has 0 fully saturated rings. The lowest BCUT2D eigenvalue weighted by atomic mass is 10.1. The molecule has 0 aliphatic rings. The average Bonchev–Trinajstić information content (AvgIpc) is 3.15. The van der Waals surface area contributed by atoms with Crippen molar-refractivity contribution in [3.05, 3.63) is 71.4 Å². The van der Waals surface area contributed by atoms with E-state index in [9.17, 15) is 4.79 Å². The van der Waals surface area contributed by atoms with Gasteiger partial charge in [-0.1, -0.05) is 12.1 Å². The van der Waals surface area contributed by atoms with Crippen molar-refractivity contribution in [1.82, 2.24) is 20.2 Å². The molecule has 4 aromatic rings. The summed E-state index contributed by atoms with van der Waals surface area (Å²) in [5.41, 5.74) is 9.11. The standard InChI is InChI=1S/C20H17FN6O/c1-11-6-12(2)17(21)16(7-11)27(14-5-3-4-13(8-14)19(22)28)20-18-15(9-25-26-18)23-10-24-20/h3-10H,1-2H3,(H2,22,28)(H,25,26). The fourth-order valence-corrected chi connectivity index (χ4v) is 3.19. The molecule has 7 nitrogen and oxygen atoms in total. The van der Waals surface area contributed by atoms with Crippen molar-refractivity contribution in [3.8, 4) is 0 Å². The van der Waals surface area contributed by atoms with Crippen molar-refractivity contribution in [1.29, 1.82) is 0 Å². The summed E-state index contributed by atoms with van der Waals surface area (Å²) in [6, 6.07) is 10.1. The maximum absolute atomic E-state index is 15.2. The molecule has 2 heterocycles. The van der Waals surface area contributed by atoms with Gasteiger partial charge in [-0.25, -0.2) is 14.4 Å². The molecule has 2 aromatic carbocycles. The van der Waals surface area contributed by atoms with Crippen LogP contribution in [0.25, 0.3) is 11.0 Å². The number of hydrogen-bond acceptors (Lipinski definition) is 5. The van der Waals surface area contributed by atoms with Crippen LogP contribution in [0.5, 0.6) is 0 Å². The van der Waals surface area contributed by atoms with Gasteiger partial charge in [0, 0.05) is 11.3 Å². The first kappa shape index (κ1) is 17.6. The first-order valence-corrected chi connectivity index (χ1v) is 8.56. The van der Waals surface area contributed by atoms with Crippen LogP contribution in [0.2, 0.25) is 0 Å². The number of aryl methyl sites for hydroxylation is 2. The molecular weight excluding hydrogens is 359 g/mol. The van der Waals surface area contributed by atoms with Crippen LogP contribution in [0.4, 0.5) is 21.6 Å². The van der Waals surface area contributed by atoms with E-state index in [2.05, 4.69) is 20.2 Å². The smallest absolute Gasteiger partial charge is 0.248 e. The highest BCUT2D eigenvalue weighted by Gasteiger charge is 2.23. The van der Waals surface area contributed by atoms with E-state index in [4.69, 9.17) is 5.73 Å². The lowest BCUT2D eigenvalue weighted by Gasteiger charge is -2.26. The first-order chi connectivity index (χ1) is 13.5. The zero-order chi connectivity index (χ0) is 19.8. The van der Waals surface area contributed by atoms with Crippen LogP contribution in [-0.2, 0) is 0 Å². The second-order valence-corrected chi connectivity index (χ2v) is 6.49. The van der Waals surface area contributed by atoms with Crippen LogP contribution in [0.3, 0.4) is 0 Å². The van der Waals surface area contributed by atoms with Gasteiger partial charge in [-0.3, -0.25) is 14.8 Å². The Morgan fingerprint density at radius 2 is 2.00 bits per heavy atom. The van der Waals surface area contributed by atoms with E-state index in [1.165, 1.54) is 6.33 Å². The molecule has 0 radical (unpaired) electrons. The molecule has 0 unspecified atom stereocenters. The van der Waals surface area contributed by atoms with Gasteiger partial charge in [-0.05, 0) is 49.2 Å². The van der Waals surface area contributed by atoms with E-state index in [1.54, 1.807) is 54.4 Å². The van der Waals surface area contributed by atoms with Crippen LogP contribution in [-0.4, -0.2) is 26.1 Å². The molecule has 1 amide bonds. The predicted molar refractivity (Wildman–Crippen MR) is 104 cm³/mol. The van der Waals surface area contributed by atoms with E-state index < -0.39 is 5.91 Å². The Hall–Kier alpha value is -3.81. The van der Waals surface area contributed by atoms with Crippen molar-refractivity contribution >= 4 is 34.1 Å². The van der Waals surface area contributed by atoms with Crippen molar-refractivity contribution in [2.75, 3.05) is 4.90 Å². The number of primary amides is 1. The molecule has 2 aromatic heterocycles.